The highest BCUT2D eigenvalue weighted by Crippen LogP contribution is 2.21. The van der Waals surface area contributed by atoms with Crippen LogP contribution in [0.4, 0.5) is 4.39 Å². The molecule has 2 nitrogen and oxygen atoms in total. The van der Waals surface area contributed by atoms with Crippen LogP contribution in [0.3, 0.4) is 0 Å². The van der Waals surface area contributed by atoms with Crippen LogP contribution in [0.2, 0.25) is 0 Å². The molecule has 1 N–H and O–H groups in total. The number of rotatable bonds is 0. The van der Waals surface area contributed by atoms with E-state index in [1.807, 2.05) is 6.92 Å². The van der Waals surface area contributed by atoms with Gasteiger partial charge in [-0.15, -0.1) is 0 Å². The van der Waals surface area contributed by atoms with E-state index in [4.69, 9.17) is 0 Å². The molecule has 2 rings (SSSR count). The zero-order valence-corrected chi connectivity index (χ0v) is 6.98. The molecule has 0 aliphatic heterocycles. The molecular formula is C9H9FN2. The second-order valence-electron chi connectivity index (χ2n) is 2.94. The Morgan fingerprint density at radius 1 is 1.33 bits per heavy atom. The van der Waals surface area contributed by atoms with Crippen molar-refractivity contribution >= 4 is 10.9 Å². The average molecular weight is 164 g/mol. The number of aromatic nitrogens is 2. The van der Waals surface area contributed by atoms with Gasteiger partial charge in [0.25, 0.3) is 0 Å². The Morgan fingerprint density at radius 2 is 2.08 bits per heavy atom. The Morgan fingerprint density at radius 3 is 2.83 bits per heavy atom. The number of fused-ring (bicyclic) bond motifs is 1. The monoisotopic (exact) mass is 164 g/mol. The van der Waals surface area contributed by atoms with Gasteiger partial charge < -0.3 is 0 Å². The molecule has 0 atom stereocenters. The normalized spacial score (nSPS) is 10.9. The maximum Gasteiger partial charge on any atom is 0.128 e. The molecule has 2 aromatic rings. The van der Waals surface area contributed by atoms with E-state index in [2.05, 4.69) is 10.2 Å². The lowest BCUT2D eigenvalue weighted by atomic mass is 10.1. The minimum Gasteiger partial charge on any atom is -0.278 e. The smallest absolute Gasteiger partial charge is 0.128 e. The predicted octanol–water partition coefficient (Wildman–Crippen LogP) is 2.32. The van der Waals surface area contributed by atoms with Gasteiger partial charge in [0.05, 0.1) is 11.7 Å². The number of nitrogens with zero attached hydrogens (tertiary/aromatic N) is 1. The summed E-state index contributed by atoms with van der Waals surface area (Å²) in [6, 6.07) is 1.48. The van der Waals surface area contributed by atoms with E-state index in [1.165, 1.54) is 6.07 Å². The summed E-state index contributed by atoms with van der Waals surface area (Å²) < 4.78 is 13.1. The van der Waals surface area contributed by atoms with Gasteiger partial charge in [0.1, 0.15) is 5.82 Å². The summed E-state index contributed by atoms with van der Waals surface area (Å²) in [6.07, 6.45) is 1.72. The number of H-pyrrole nitrogens is 1. The SMILES string of the molecule is Cc1c(F)cc2[nH]ncc2c1C. The minimum atomic E-state index is -0.177. The Bertz CT molecular complexity index is 431. The van der Waals surface area contributed by atoms with Crippen molar-refractivity contribution in [3.63, 3.8) is 0 Å². The maximum atomic E-state index is 13.1. The highest BCUT2D eigenvalue weighted by Gasteiger charge is 2.06. The first-order valence-corrected chi connectivity index (χ1v) is 3.79. The summed E-state index contributed by atoms with van der Waals surface area (Å²) in [7, 11) is 0. The topological polar surface area (TPSA) is 28.7 Å². The number of nitrogens with one attached hydrogen (secondary N) is 1. The van der Waals surface area contributed by atoms with E-state index < -0.39 is 0 Å². The van der Waals surface area contributed by atoms with E-state index in [0.717, 1.165) is 16.5 Å². The summed E-state index contributed by atoms with van der Waals surface area (Å²) in [5.74, 6) is -0.177. The van der Waals surface area contributed by atoms with Crippen LogP contribution in [-0.4, -0.2) is 10.2 Å². The molecule has 0 unspecified atom stereocenters. The third kappa shape index (κ3) is 0.826. The van der Waals surface area contributed by atoms with Crippen LogP contribution >= 0.6 is 0 Å². The lowest BCUT2D eigenvalue weighted by Gasteiger charge is -2.01. The molecule has 1 aromatic carbocycles. The van der Waals surface area contributed by atoms with E-state index >= 15 is 0 Å². The van der Waals surface area contributed by atoms with Crippen molar-refractivity contribution in [2.75, 3.05) is 0 Å². The number of aryl methyl sites for hydroxylation is 1. The first-order chi connectivity index (χ1) is 5.70. The number of halogens is 1. The van der Waals surface area contributed by atoms with E-state index in [-0.39, 0.29) is 5.82 Å². The van der Waals surface area contributed by atoms with Gasteiger partial charge >= 0.3 is 0 Å². The summed E-state index contributed by atoms with van der Waals surface area (Å²) in [5, 5.41) is 7.59. The van der Waals surface area contributed by atoms with Crippen LogP contribution in [0, 0.1) is 19.7 Å². The van der Waals surface area contributed by atoms with Gasteiger partial charge in [-0.3, -0.25) is 5.10 Å². The Balaban J connectivity index is 2.94. The van der Waals surface area contributed by atoms with Crippen LogP contribution in [0.5, 0.6) is 0 Å². The summed E-state index contributed by atoms with van der Waals surface area (Å²) in [5.41, 5.74) is 2.42. The molecule has 0 spiro atoms. The molecule has 0 fully saturated rings. The average Bonchev–Trinajstić information content (AvgIpc) is 2.48. The van der Waals surface area contributed by atoms with Crippen molar-refractivity contribution in [3.8, 4) is 0 Å². The molecule has 0 aliphatic rings. The number of benzene rings is 1. The van der Waals surface area contributed by atoms with Gasteiger partial charge in [0.15, 0.2) is 0 Å². The van der Waals surface area contributed by atoms with Crippen molar-refractivity contribution in [1.82, 2.24) is 10.2 Å². The largest absolute Gasteiger partial charge is 0.278 e. The van der Waals surface area contributed by atoms with Crippen LogP contribution in [0.1, 0.15) is 11.1 Å². The standard InChI is InChI=1S/C9H9FN2/c1-5-6(2)8(10)3-9-7(5)4-11-12-9/h3-4H,1-2H3,(H,11,12). The number of hydrogen-bond acceptors (Lipinski definition) is 1. The molecule has 62 valence electrons. The van der Waals surface area contributed by atoms with Crippen LogP contribution in [0.25, 0.3) is 10.9 Å². The van der Waals surface area contributed by atoms with Gasteiger partial charge in [-0.05, 0) is 31.0 Å². The zero-order chi connectivity index (χ0) is 8.72. The zero-order valence-electron chi connectivity index (χ0n) is 6.98. The van der Waals surface area contributed by atoms with Crippen LogP contribution in [-0.2, 0) is 0 Å². The summed E-state index contributed by atoms with van der Waals surface area (Å²) in [4.78, 5) is 0. The molecule has 12 heavy (non-hydrogen) atoms. The molecule has 1 aromatic heterocycles. The fourth-order valence-electron chi connectivity index (χ4n) is 1.32. The van der Waals surface area contributed by atoms with Crippen molar-refractivity contribution < 1.29 is 4.39 Å². The molecule has 1 heterocycles. The third-order valence-corrected chi connectivity index (χ3v) is 2.26. The van der Waals surface area contributed by atoms with Crippen LogP contribution < -0.4 is 0 Å². The van der Waals surface area contributed by atoms with Crippen molar-refractivity contribution in [3.05, 3.63) is 29.2 Å². The predicted molar refractivity (Wildman–Crippen MR) is 45.5 cm³/mol. The quantitative estimate of drug-likeness (QED) is 0.636. The van der Waals surface area contributed by atoms with E-state index in [0.29, 0.717) is 5.56 Å². The van der Waals surface area contributed by atoms with E-state index in [9.17, 15) is 4.39 Å². The summed E-state index contributed by atoms with van der Waals surface area (Å²) >= 11 is 0. The molecule has 0 aliphatic carbocycles. The van der Waals surface area contributed by atoms with Crippen molar-refractivity contribution in [1.29, 1.82) is 0 Å². The molecule has 3 heteroatoms. The number of aromatic amines is 1. The molecule has 0 amide bonds. The van der Waals surface area contributed by atoms with Crippen molar-refractivity contribution in [2.45, 2.75) is 13.8 Å². The molecule has 0 saturated heterocycles. The molecular weight excluding hydrogens is 155 g/mol. The second-order valence-corrected chi connectivity index (χ2v) is 2.94. The van der Waals surface area contributed by atoms with E-state index in [1.54, 1.807) is 13.1 Å². The van der Waals surface area contributed by atoms with Gasteiger partial charge in [-0.1, -0.05) is 0 Å². The van der Waals surface area contributed by atoms with Gasteiger partial charge in [0, 0.05) is 5.39 Å². The Labute approximate surface area is 69.4 Å². The lowest BCUT2D eigenvalue weighted by molar-refractivity contribution is 0.619. The fourth-order valence-corrected chi connectivity index (χ4v) is 1.32. The highest BCUT2D eigenvalue weighted by molar-refractivity contribution is 5.82. The van der Waals surface area contributed by atoms with Gasteiger partial charge in [-0.25, -0.2) is 4.39 Å². The third-order valence-electron chi connectivity index (χ3n) is 2.26. The van der Waals surface area contributed by atoms with Crippen LogP contribution in [0.15, 0.2) is 12.3 Å². The first-order valence-electron chi connectivity index (χ1n) is 3.79. The maximum absolute atomic E-state index is 13.1. The highest BCUT2D eigenvalue weighted by atomic mass is 19.1. The fraction of sp³-hybridized carbons (Fsp3) is 0.222. The first kappa shape index (κ1) is 7.28. The Hall–Kier alpha value is -1.38. The van der Waals surface area contributed by atoms with Crippen molar-refractivity contribution in [2.24, 2.45) is 0 Å². The molecule has 0 saturated carbocycles. The Kier molecular flexibility index (Phi) is 1.40. The van der Waals surface area contributed by atoms with Gasteiger partial charge in [-0.2, -0.15) is 5.10 Å². The van der Waals surface area contributed by atoms with Gasteiger partial charge in [0.2, 0.25) is 0 Å². The molecule has 0 radical (unpaired) electrons. The minimum absolute atomic E-state index is 0.177. The summed E-state index contributed by atoms with van der Waals surface area (Å²) in [6.45, 7) is 3.67. The second kappa shape index (κ2) is 2.30. The number of hydrogen-bond donors (Lipinski definition) is 1. The molecule has 0 bridgehead atoms. The lowest BCUT2D eigenvalue weighted by Crippen LogP contribution is -1.87.